The summed E-state index contributed by atoms with van der Waals surface area (Å²) in [5.74, 6) is -1.83. The molecule has 2 N–H and O–H groups in total. The molecule has 0 unspecified atom stereocenters. The third kappa shape index (κ3) is 6.46. The van der Waals surface area contributed by atoms with E-state index in [1.165, 1.54) is 12.0 Å². The zero-order chi connectivity index (χ0) is 29.3. The minimum Gasteiger partial charge on any atom is -0.481 e. The summed E-state index contributed by atoms with van der Waals surface area (Å²) in [6.45, 7) is 10.7. The van der Waals surface area contributed by atoms with E-state index in [1.807, 2.05) is 45.9 Å². The molecule has 4 atom stereocenters. The van der Waals surface area contributed by atoms with Crippen LogP contribution in [0.15, 0.2) is 36.5 Å². The van der Waals surface area contributed by atoms with Crippen LogP contribution in [0.2, 0.25) is 0 Å². The van der Waals surface area contributed by atoms with Crippen LogP contribution in [-0.4, -0.2) is 52.4 Å². The molecule has 3 rings (SSSR count). The lowest BCUT2D eigenvalue weighted by atomic mass is 9.72. The van der Waals surface area contributed by atoms with E-state index in [2.05, 4.69) is 10.3 Å². The Labute approximate surface area is 226 Å². The summed E-state index contributed by atoms with van der Waals surface area (Å²) >= 11 is 0. The first-order valence-corrected chi connectivity index (χ1v) is 12.7. The number of ether oxygens (including phenoxy) is 2. The van der Waals surface area contributed by atoms with E-state index in [0.717, 1.165) is 11.6 Å². The Morgan fingerprint density at radius 3 is 2.33 bits per heavy atom. The normalized spacial score (nSPS) is 21.8. The number of methoxy groups -OCH3 is 1. The molecule has 8 nitrogen and oxygen atoms in total. The molecule has 1 aromatic carbocycles. The summed E-state index contributed by atoms with van der Waals surface area (Å²) in [6, 6.07) is 5.55. The van der Waals surface area contributed by atoms with Gasteiger partial charge in [0.2, 0.25) is 5.88 Å². The van der Waals surface area contributed by atoms with Gasteiger partial charge in [-0.25, -0.2) is 14.6 Å². The molecule has 214 valence electrons. The highest BCUT2D eigenvalue weighted by atomic mass is 19.4. The molecule has 0 spiro atoms. The quantitative estimate of drug-likeness (QED) is 0.463. The van der Waals surface area contributed by atoms with Crippen LogP contribution >= 0.6 is 0 Å². The van der Waals surface area contributed by atoms with Crippen LogP contribution in [0.1, 0.15) is 62.9 Å². The maximum absolute atomic E-state index is 13.5. The Morgan fingerprint density at radius 2 is 1.82 bits per heavy atom. The number of aryl methyl sites for hydroxylation is 1. The summed E-state index contributed by atoms with van der Waals surface area (Å²) in [6.07, 6.45) is -5.17. The Morgan fingerprint density at radius 1 is 1.18 bits per heavy atom. The van der Waals surface area contributed by atoms with Gasteiger partial charge in [0.05, 0.1) is 24.8 Å². The van der Waals surface area contributed by atoms with Gasteiger partial charge in [0.25, 0.3) is 0 Å². The van der Waals surface area contributed by atoms with E-state index in [0.29, 0.717) is 11.8 Å². The fraction of sp³-hybridized carbons (Fsp3) is 0.536. The number of carboxylic acids is 1. The van der Waals surface area contributed by atoms with Crippen LogP contribution in [0, 0.1) is 18.3 Å². The average Bonchev–Trinajstić information content (AvgIpc) is 3.17. The van der Waals surface area contributed by atoms with Crippen molar-refractivity contribution in [2.75, 3.05) is 7.11 Å². The number of benzene rings is 1. The average molecular weight is 552 g/mol. The van der Waals surface area contributed by atoms with E-state index in [-0.39, 0.29) is 18.0 Å². The summed E-state index contributed by atoms with van der Waals surface area (Å²) < 4.78 is 51.1. The third-order valence-corrected chi connectivity index (χ3v) is 6.95. The number of nitrogens with one attached hydrogen (secondary N) is 1. The summed E-state index contributed by atoms with van der Waals surface area (Å²) in [5.41, 5.74) is 0.125. The van der Waals surface area contributed by atoms with Crippen molar-refractivity contribution in [3.8, 4) is 5.88 Å². The predicted molar refractivity (Wildman–Crippen MR) is 138 cm³/mol. The molecule has 1 saturated heterocycles. The van der Waals surface area contributed by atoms with E-state index in [9.17, 15) is 27.9 Å². The number of hydrogen-bond donors (Lipinski definition) is 2. The molecule has 0 saturated carbocycles. The number of alkyl halides is 3. The van der Waals surface area contributed by atoms with Gasteiger partial charge < -0.3 is 19.9 Å². The fourth-order valence-electron chi connectivity index (χ4n) is 5.38. The highest BCUT2D eigenvalue weighted by Gasteiger charge is 2.58. The summed E-state index contributed by atoms with van der Waals surface area (Å²) in [7, 11) is 1.31. The SMILES string of the molecule is COc1ncc(C(F)(F)F)cc1CN[C@H]1[C@H](C(C)(C)C)[C@@H](C(=O)O)N(C(=O)OC(C)C)[C@H]1c1ccccc1C. The number of carbonyl (C=O) groups excluding carboxylic acids is 1. The number of pyridine rings is 1. The molecule has 1 amide bonds. The largest absolute Gasteiger partial charge is 0.481 e. The number of nitrogens with zero attached hydrogens (tertiary/aromatic N) is 2. The van der Waals surface area contributed by atoms with Crippen LogP contribution in [0.5, 0.6) is 5.88 Å². The first kappa shape index (κ1) is 30.2. The van der Waals surface area contributed by atoms with Crippen LogP contribution in [0.3, 0.4) is 0 Å². The lowest BCUT2D eigenvalue weighted by Gasteiger charge is -2.35. The lowest BCUT2D eigenvalue weighted by molar-refractivity contribution is -0.145. The Balaban J connectivity index is 2.18. The Hall–Kier alpha value is -3.34. The van der Waals surface area contributed by atoms with Crippen molar-refractivity contribution in [2.24, 2.45) is 11.3 Å². The van der Waals surface area contributed by atoms with E-state index >= 15 is 0 Å². The standard InChI is InChI=1S/C28H36F3N3O5/c1-15(2)39-26(37)34-22(19-11-9-8-10-16(19)3)21(20(27(4,5)6)23(34)25(35)36)32-13-17-12-18(28(29,30)31)14-33-24(17)38-7/h8-12,14-15,20-23,32H,13H2,1-7H3,(H,35,36)/t20-,21-,22-,23-/m0/s1. The Bertz CT molecular complexity index is 1200. The number of carbonyl (C=O) groups is 2. The van der Waals surface area contributed by atoms with Crippen molar-refractivity contribution < 1.29 is 37.3 Å². The fourth-order valence-corrected chi connectivity index (χ4v) is 5.38. The molecule has 1 fully saturated rings. The minimum absolute atomic E-state index is 0.0131. The minimum atomic E-state index is -4.61. The van der Waals surface area contributed by atoms with Gasteiger partial charge in [-0.15, -0.1) is 0 Å². The number of aliphatic carboxylic acids is 1. The highest BCUT2D eigenvalue weighted by Crippen LogP contribution is 2.49. The van der Waals surface area contributed by atoms with Gasteiger partial charge in [-0.1, -0.05) is 45.0 Å². The molecule has 11 heteroatoms. The molecular formula is C28H36F3N3O5. The Kier molecular flexibility index (Phi) is 8.84. The molecule has 0 aliphatic carbocycles. The van der Waals surface area contributed by atoms with Crippen LogP contribution in [0.4, 0.5) is 18.0 Å². The number of rotatable bonds is 7. The summed E-state index contributed by atoms with van der Waals surface area (Å²) in [5, 5.41) is 13.7. The second-order valence-electron chi connectivity index (χ2n) is 11.1. The number of aromatic nitrogens is 1. The van der Waals surface area contributed by atoms with E-state index < -0.39 is 59.4 Å². The van der Waals surface area contributed by atoms with E-state index in [1.54, 1.807) is 19.9 Å². The first-order valence-electron chi connectivity index (χ1n) is 12.7. The number of carboxylic acid groups (broad SMARTS) is 1. The number of likely N-dealkylation sites (tertiary alicyclic amines) is 1. The molecule has 2 heterocycles. The maximum Gasteiger partial charge on any atom is 0.417 e. The third-order valence-electron chi connectivity index (χ3n) is 6.95. The van der Waals surface area contributed by atoms with Crippen molar-refractivity contribution >= 4 is 12.1 Å². The van der Waals surface area contributed by atoms with Crippen molar-refractivity contribution in [2.45, 2.75) is 78.5 Å². The number of amides is 1. The zero-order valence-corrected chi connectivity index (χ0v) is 23.2. The molecule has 39 heavy (non-hydrogen) atoms. The smallest absolute Gasteiger partial charge is 0.417 e. The summed E-state index contributed by atoms with van der Waals surface area (Å²) in [4.78, 5) is 31.3. The van der Waals surface area contributed by atoms with Crippen LogP contribution in [-0.2, 0) is 22.3 Å². The zero-order valence-electron chi connectivity index (χ0n) is 23.2. The van der Waals surface area contributed by atoms with Crippen molar-refractivity contribution in [1.82, 2.24) is 15.2 Å². The highest BCUT2D eigenvalue weighted by molar-refractivity contribution is 5.82. The van der Waals surface area contributed by atoms with E-state index in [4.69, 9.17) is 9.47 Å². The van der Waals surface area contributed by atoms with Gasteiger partial charge in [0.15, 0.2) is 0 Å². The monoisotopic (exact) mass is 551 g/mol. The molecule has 1 aliphatic heterocycles. The van der Waals surface area contributed by atoms with Crippen molar-refractivity contribution in [1.29, 1.82) is 0 Å². The predicted octanol–water partition coefficient (Wildman–Crippen LogP) is 5.59. The van der Waals surface area contributed by atoms with Crippen LogP contribution < -0.4 is 10.1 Å². The molecular weight excluding hydrogens is 515 g/mol. The maximum atomic E-state index is 13.5. The second-order valence-corrected chi connectivity index (χ2v) is 11.1. The molecule has 1 aliphatic rings. The van der Waals surface area contributed by atoms with Crippen LogP contribution in [0.25, 0.3) is 0 Å². The van der Waals surface area contributed by atoms with Gasteiger partial charge in [-0.3, -0.25) is 4.90 Å². The first-order chi connectivity index (χ1) is 18.1. The molecule has 1 aromatic heterocycles. The van der Waals surface area contributed by atoms with Gasteiger partial charge in [0, 0.05) is 30.3 Å². The molecule has 2 aromatic rings. The van der Waals surface area contributed by atoms with Gasteiger partial charge in [-0.2, -0.15) is 13.2 Å². The van der Waals surface area contributed by atoms with Gasteiger partial charge >= 0.3 is 18.2 Å². The molecule has 0 bridgehead atoms. The number of hydrogen-bond acceptors (Lipinski definition) is 6. The van der Waals surface area contributed by atoms with Crippen molar-refractivity contribution in [3.05, 3.63) is 58.8 Å². The topological polar surface area (TPSA) is 101 Å². The molecule has 0 radical (unpaired) electrons. The lowest BCUT2D eigenvalue weighted by Crippen LogP contribution is -2.48. The second kappa shape index (κ2) is 11.4. The van der Waals surface area contributed by atoms with Gasteiger partial charge in [0.1, 0.15) is 6.04 Å². The van der Waals surface area contributed by atoms with Gasteiger partial charge in [-0.05, 0) is 43.4 Å². The number of halogens is 3. The van der Waals surface area contributed by atoms with Crippen molar-refractivity contribution in [3.63, 3.8) is 0 Å².